The predicted octanol–water partition coefficient (Wildman–Crippen LogP) is 3.18. The van der Waals surface area contributed by atoms with Crippen LogP contribution >= 0.6 is 11.6 Å². The van der Waals surface area contributed by atoms with Crippen LogP contribution in [0.2, 0.25) is 5.02 Å². The molecule has 26 heavy (non-hydrogen) atoms. The van der Waals surface area contributed by atoms with Gasteiger partial charge in [0.1, 0.15) is 0 Å². The molecule has 2 rings (SSSR count). The summed E-state index contributed by atoms with van der Waals surface area (Å²) < 4.78 is 37.8. The fourth-order valence-corrected chi connectivity index (χ4v) is 3.55. The maximum absolute atomic E-state index is 12.5. The summed E-state index contributed by atoms with van der Waals surface area (Å²) in [5.41, 5.74) is 0.884. The van der Waals surface area contributed by atoms with E-state index in [0.29, 0.717) is 17.9 Å². The van der Waals surface area contributed by atoms with Gasteiger partial charge < -0.3 is 14.6 Å². The van der Waals surface area contributed by atoms with Gasteiger partial charge in [-0.1, -0.05) is 23.7 Å². The Bertz CT molecular complexity index is 896. The van der Waals surface area contributed by atoms with E-state index < -0.39 is 16.0 Å². The minimum absolute atomic E-state index is 0.0222. The molecule has 140 valence electrons. The summed E-state index contributed by atoms with van der Waals surface area (Å²) in [5.74, 6) is -0.201. The summed E-state index contributed by atoms with van der Waals surface area (Å²) in [5, 5.41) is 8.85. The molecule has 0 aromatic heterocycles. The number of hydrogen-bond donors (Lipinski definition) is 2. The monoisotopic (exact) mass is 399 g/mol. The third-order valence-electron chi connectivity index (χ3n) is 3.58. The molecule has 9 heteroatoms. The summed E-state index contributed by atoms with van der Waals surface area (Å²) in [7, 11) is -0.997. The number of benzene rings is 2. The molecule has 0 saturated carbocycles. The van der Waals surface area contributed by atoms with Gasteiger partial charge in [0.15, 0.2) is 11.5 Å². The van der Waals surface area contributed by atoms with Crippen LogP contribution in [-0.4, -0.2) is 33.7 Å². The largest absolute Gasteiger partial charge is 0.493 e. The number of aryl methyl sites for hydroxylation is 1. The van der Waals surface area contributed by atoms with E-state index in [1.165, 1.54) is 38.5 Å². The maximum Gasteiger partial charge on any atom is 0.303 e. The third kappa shape index (κ3) is 4.80. The molecule has 0 atom stereocenters. The van der Waals surface area contributed by atoms with Gasteiger partial charge in [-0.25, -0.2) is 8.42 Å². The van der Waals surface area contributed by atoms with Crippen LogP contribution in [0, 0.1) is 0 Å². The van der Waals surface area contributed by atoms with Crippen molar-refractivity contribution in [3.63, 3.8) is 0 Å². The van der Waals surface area contributed by atoms with Crippen LogP contribution in [0.4, 0.5) is 5.69 Å². The Morgan fingerprint density at radius 2 is 1.69 bits per heavy atom. The summed E-state index contributed by atoms with van der Waals surface area (Å²) in [4.78, 5) is 10.6. The molecule has 0 saturated heterocycles. The zero-order valence-corrected chi connectivity index (χ0v) is 15.7. The highest BCUT2D eigenvalue weighted by Crippen LogP contribution is 2.36. The Balaban J connectivity index is 2.24. The van der Waals surface area contributed by atoms with Gasteiger partial charge >= 0.3 is 5.97 Å². The number of sulfonamides is 1. The highest BCUT2D eigenvalue weighted by Gasteiger charge is 2.18. The molecular weight excluding hydrogens is 382 g/mol. The first-order valence-electron chi connectivity index (χ1n) is 7.52. The Morgan fingerprint density at radius 1 is 1.12 bits per heavy atom. The van der Waals surface area contributed by atoms with Gasteiger partial charge in [0, 0.05) is 18.6 Å². The lowest BCUT2D eigenvalue weighted by atomic mass is 10.1. The Morgan fingerprint density at radius 3 is 2.23 bits per heavy atom. The van der Waals surface area contributed by atoms with Crippen molar-refractivity contribution in [2.45, 2.75) is 17.7 Å². The van der Waals surface area contributed by atoms with Crippen LogP contribution in [0.3, 0.4) is 0 Å². The molecule has 0 aliphatic carbocycles. The molecule has 0 fully saturated rings. The van der Waals surface area contributed by atoms with E-state index in [4.69, 9.17) is 26.2 Å². The molecule has 2 aromatic carbocycles. The van der Waals surface area contributed by atoms with Crippen molar-refractivity contribution in [1.29, 1.82) is 0 Å². The lowest BCUT2D eigenvalue weighted by molar-refractivity contribution is -0.136. The number of halogens is 1. The first-order valence-corrected chi connectivity index (χ1v) is 9.38. The highest BCUT2D eigenvalue weighted by atomic mass is 35.5. The Hall–Kier alpha value is -2.45. The average molecular weight is 400 g/mol. The number of methoxy groups -OCH3 is 2. The van der Waals surface area contributed by atoms with E-state index >= 15 is 0 Å². The number of ether oxygens (including phenoxy) is 2. The summed E-state index contributed by atoms with van der Waals surface area (Å²) >= 11 is 6.11. The number of hydrogen-bond acceptors (Lipinski definition) is 5. The zero-order chi connectivity index (χ0) is 19.3. The number of nitrogens with one attached hydrogen (secondary N) is 1. The van der Waals surface area contributed by atoms with E-state index in [2.05, 4.69) is 4.72 Å². The van der Waals surface area contributed by atoms with E-state index in [1.54, 1.807) is 12.1 Å². The van der Waals surface area contributed by atoms with Crippen molar-refractivity contribution in [3.8, 4) is 11.5 Å². The molecular formula is C17H18ClNO6S. The van der Waals surface area contributed by atoms with Crippen LogP contribution in [0.1, 0.15) is 12.0 Å². The molecule has 0 aliphatic heterocycles. The molecule has 0 amide bonds. The van der Waals surface area contributed by atoms with E-state index in [0.717, 1.165) is 5.56 Å². The number of anilines is 1. The lowest BCUT2D eigenvalue weighted by Crippen LogP contribution is -2.13. The fraction of sp³-hybridized carbons (Fsp3) is 0.235. The first-order chi connectivity index (χ1) is 12.3. The summed E-state index contributed by atoms with van der Waals surface area (Å²) in [6, 6.07) is 8.86. The quantitative estimate of drug-likeness (QED) is 0.706. The Kier molecular flexibility index (Phi) is 6.33. The van der Waals surface area contributed by atoms with E-state index in [-0.39, 0.29) is 22.0 Å². The van der Waals surface area contributed by atoms with Gasteiger partial charge in [-0.3, -0.25) is 9.52 Å². The molecule has 0 bridgehead atoms. The van der Waals surface area contributed by atoms with Crippen molar-refractivity contribution >= 4 is 33.3 Å². The topological polar surface area (TPSA) is 102 Å². The van der Waals surface area contributed by atoms with Crippen molar-refractivity contribution in [3.05, 3.63) is 47.0 Å². The van der Waals surface area contributed by atoms with Crippen molar-refractivity contribution < 1.29 is 27.8 Å². The van der Waals surface area contributed by atoms with Crippen molar-refractivity contribution in [2.24, 2.45) is 0 Å². The number of carboxylic acids is 1. The second-order valence-electron chi connectivity index (χ2n) is 5.33. The average Bonchev–Trinajstić information content (AvgIpc) is 2.61. The van der Waals surface area contributed by atoms with Crippen LogP contribution in [0.5, 0.6) is 11.5 Å². The van der Waals surface area contributed by atoms with Crippen molar-refractivity contribution in [2.75, 3.05) is 18.9 Å². The summed E-state index contributed by atoms with van der Waals surface area (Å²) in [6.45, 7) is 0. The molecule has 0 radical (unpaired) electrons. The van der Waals surface area contributed by atoms with Crippen molar-refractivity contribution in [1.82, 2.24) is 0 Å². The maximum atomic E-state index is 12.5. The fourth-order valence-electron chi connectivity index (χ4n) is 2.22. The molecule has 0 spiro atoms. The summed E-state index contributed by atoms with van der Waals surface area (Å²) in [6.07, 6.45) is 0.302. The minimum atomic E-state index is -3.88. The van der Waals surface area contributed by atoms with Crippen LogP contribution < -0.4 is 14.2 Å². The van der Waals surface area contributed by atoms with E-state index in [9.17, 15) is 13.2 Å². The number of carbonyl (C=O) groups is 1. The second kappa shape index (κ2) is 8.29. The van der Waals surface area contributed by atoms with Gasteiger partial charge in [0.25, 0.3) is 10.0 Å². The minimum Gasteiger partial charge on any atom is -0.493 e. The molecule has 0 heterocycles. The molecule has 0 unspecified atom stereocenters. The normalized spacial score (nSPS) is 11.0. The Labute approximate surface area is 156 Å². The molecule has 0 aliphatic rings. The van der Waals surface area contributed by atoms with Crippen LogP contribution in [0.25, 0.3) is 0 Å². The molecule has 7 nitrogen and oxygen atoms in total. The van der Waals surface area contributed by atoms with Gasteiger partial charge in [0.05, 0.1) is 29.8 Å². The van der Waals surface area contributed by atoms with Gasteiger partial charge in [-0.2, -0.15) is 0 Å². The second-order valence-corrected chi connectivity index (χ2v) is 7.42. The van der Waals surface area contributed by atoms with Crippen LogP contribution in [-0.2, 0) is 21.2 Å². The van der Waals surface area contributed by atoms with Gasteiger partial charge in [-0.05, 0) is 24.1 Å². The number of aliphatic carboxylic acids is 1. The first kappa shape index (κ1) is 19.9. The van der Waals surface area contributed by atoms with E-state index in [1.807, 2.05) is 0 Å². The number of rotatable bonds is 8. The lowest BCUT2D eigenvalue weighted by Gasteiger charge is -2.14. The van der Waals surface area contributed by atoms with Crippen LogP contribution in [0.15, 0.2) is 41.3 Å². The number of carboxylic acid groups (broad SMARTS) is 1. The predicted molar refractivity (Wildman–Crippen MR) is 97.8 cm³/mol. The smallest absolute Gasteiger partial charge is 0.303 e. The molecule has 2 N–H and O–H groups in total. The SMILES string of the molecule is COc1cc(Cl)c(NS(=O)(=O)c2ccc(CCC(=O)O)cc2)cc1OC. The standard InChI is InChI=1S/C17H18ClNO6S/c1-24-15-9-13(18)14(10-16(15)25-2)19-26(22,23)12-6-3-11(4-7-12)5-8-17(20)21/h3-4,6-7,9-10,19H,5,8H2,1-2H3,(H,20,21). The van der Waals surface area contributed by atoms with Gasteiger partial charge in [-0.15, -0.1) is 0 Å². The highest BCUT2D eigenvalue weighted by molar-refractivity contribution is 7.92. The third-order valence-corrected chi connectivity index (χ3v) is 5.27. The molecule has 2 aromatic rings. The zero-order valence-electron chi connectivity index (χ0n) is 14.2. The van der Waals surface area contributed by atoms with Gasteiger partial charge in [0.2, 0.25) is 0 Å².